The van der Waals surface area contributed by atoms with E-state index in [1.807, 2.05) is 0 Å². The van der Waals surface area contributed by atoms with Gasteiger partial charge in [-0.25, -0.2) is 0 Å². The van der Waals surface area contributed by atoms with E-state index < -0.39 is 6.55 Å². The normalized spacial score (nSPS) is 9.80. The molecule has 10 heavy (non-hydrogen) atoms. The smallest absolute Gasteiger partial charge is 0.149 e. The lowest BCUT2D eigenvalue weighted by molar-refractivity contribution is 0.656. The van der Waals surface area contributed by atoms with Gasteiger partial charge in [-0.2, -0.15) is 0 Å². The SMILES string of the molecule is C=CCSP(O)SCC=C. The van der Waals surface area contributed by atoms with Gasteiger partial charge in [0.05, 0.1) is 0 Å². The summed E-state index contributed by atoms with van der Waals surface area (Å²) in [5, 5.41) is 0. The Morgan fingerprint density at radius 3 is 1.90 bits per heavy atom. The first kappa shape index (κ1) is 10.6. The Balaban J connectivity index is 3.15. The van der Waals surface area contributed by atoms with Crippen LogP contribution in [0.5, 0.6) is 0 Å². The fraction of sp³-hybridized carbons (Fsp3) is 0.333. The van der Waals surface area contributed by atoms with Crippen molar-refractivity contribution in [3.63, 3.8) is 0 Å². The monoisotopic (exact) mass is 194 g/mol. The quantitative estimate of drug-likeness (QED) is 0.518. The van der Waals surface area contributed by atoms with Gasteiger partial charge in [-0.3, -0.25) is 0 Å². The van der Waals surface area contributed by atoms with Gasteiger partial charge in [-0.1, -0.05) is 34.9 Å². The van der Waals surface area contributed by atoms with Crippen LogP contribution in [-0.2, 0) is 0 Å². The largest absolute Gasteiger partial charge is 0.355 e. The lowest BCUT2D eigenvalue weighted by Gasteiger charge is -2.03. The molecule has 1 N–H and O–H groups in total. The third kappa shape index (κ3) is 6.69. The van der Waals surface area contributed by atoms with E-state index in [1.165, 1.54) is 22.8 Å². The summed E-state index contributed by atoms with van der Waals surface area (Å²) in [6.07, 6.45) is 3.59. The first-order chi connectivity index (χ1) is 4.81. The van der Waals surface area contributed by atoms with Crippen LogP contribution in [0.25, 0.3) is 0 Å². The summed E-state index contributed by atoms with van der Waals surface area (Å²) in [6.45, 7) is 6.22. The van der Waals surface area contributed by atoms with Gasteiger partial charge in [0, 0.05) is 11.5 Å². The maximum Gasteiger partial charge on any atom is 0.149 e. The van der Waals surface area contributed by atoms with Gasteiger partial charge in [0.15, 0.2) is 0 Å². The Morgan fingerprint density at radius 1 is 1.20 bits per heavy atom. The van der Waals surface area contributed by atoms with Crippen molar-refractivity contribution < 1.29 is 4.89 Å². The van der Waals surface area contributed by atoms with Gasteiger partial charge in [-0.15, -0.1) is 13.2 Å². The molecule has 0 aliphatic carbocycles. The van der Waals surface area contributed by atoms with E-state index in [1.54, 1.807) is 12.2 Å². The highest BCUT2D eigenvalue weighted by molar-refractivity contribution is 8.86. The van der Waals surface area contributed by atoms with Crippen LogP contribution in [0.3, 0.4) is 0 Å². The molecule has 0 atom stereocenters. The lowest BCUT2D eigenvalue weighted by atomic mass is 10.8. The summed E-state index contributed by atoms with van der Waals surface area (Å²) < 4.78 is 0. The first-order valence-electron chi connectivity index (χ1n) is 2.78. The van der Waals surface area contributed by atoms with E-state index in [4.69, 9.17) is 0 Å². The average Bonchev–Trinajstić information content (AvgIpc) is 1.97. The average molecular weight is 194 g/mol. The van der Waals surface area contributed by atoms with Crippen molar-refractivity contribution in [2.75, 3.05) is 11.5 Å². The molecule has 4 heteroatoms. The van der Waals surface area contributed by atoms with Crippen molar-refractivity contribution in [3.05, 3.63) is 25.3 Å². The summed E-state index contributed by atoms with van der Waals surface area (Å²) in [4.78, 5) is 9.21. The molecule has 0 aromatic carbocycles. The minimum absolute atomic E-state index is 0.826. The van der Waals surface area contributed by atoms with Gasteiger partial charge in [0.1, 0.15) is 6.55 Å². The van der Waals surface area contributed by atoms with Crippen LogP contribution < -0.4 is 0 Å². The van der Waals surface area contributed by atoms with E-state index in [2.05, 4.69) is 13.2 Å². The maximum absolute atomic E-state index is 9.21. The molecule has 0 unspecified atom stereocenters. The fourth-order valence-corrected chi connectivity index (χ4v) is 4.20. The van der Waals surface area contributed by atoms with Crippen LogP contribution in [0, 0.1) is 0 Å². The molecule has 0 aliphatic rings. The predicted octanol–water partition coefficient (Wildman–Crippen LogP) is 3.04. The maximum atomic E-state index is 9.21. The van der Waals surface area contributed by atoms with E-state index in [0.717, 1.165) is 11.5 Å². The van der Waals surface area contributed by atoms with Gasteiger partial charge in [-0.05, 0) is 0 Å². The van der Waals surface area contributed by atoms with Crippen LogP contribution in [0.4, 0.5) is 0 Å². The molecule has 0 amide bonds. The second-order valence-electron chi connectivity index (χ2n) is 1.41. The van der Waals surface area contributed by atoms with Crippen molar-refractivity contribution >= 4 is 29.3 Å². The van der Waals surface area contributed by atoms with Crippen molar-refractivity contribution in [1.29, 1.82) is 0 Å². The Labute approximate surface area is 71.3 Å². The van der Waals surface area contributed by atoms with Gasteiger partial charge in [0.2, 0.25) is 0 Å². The summed E-state index contributed by atoms with van der Waals surface area (Å²) in [6, 6.07) is 0. The zero-order valence-corrected chi connectivity index (χ0v) is 8.22. The van der Waals surface area contributed by atoms with E-state index in [-0.39, 0.29) is 0 Å². The zero-order valence-electron chi connectivity index (χ0n) is 5.69. The third-order valence-corrected chi connectivity index (χ3v) is 5.93. The fourth-order valence-electron chi connectivity index (χ4n) is 0.270. The van der Waals surface area contributed by atoms with Crippen molar-refractivity contribution in [3.8, 4) is 0 Å². The molecule has 58 valence electrons. The first-order valence-corrected chi connectivity index (χ1v) is 7.25. The van der Waals surface area contributed by atoms with Gasteiger partial charge < -0.3 is 4.89 Å². The summed E-state index contributed by atoms with van der Waals surface area (Å²) in [5.74, 6) is 1.65. The Hall–Kier alpha value is 0.570. The molecule has 0 rings (SSSR count). The van der Waals surface area contributed by atoms with Crippen LogP contribution in [-0.4, -0.2) is 16.4 Å². The number of hydrogen-bond acceptors (Lipinski definition) is 3. The summed E-state index contributed by atoms with van der Waals surface area (Å²) >= 11 is 3.07. The van der Waals surface area contributed by atoms with E-state index >= 15 is 0 Å². The molecule has 1 nitrogen and oxygen atoms in total. The molecule has 0 spiro atoms. The molecule has 0 radical (unpaired) electrons. The summed E-state index contributed by atoms with van der Waals surface area (Å²) in [7, 11) is 0. The van der Waals surface area contributed by atoms with Crippen LogP contribution in [0.15, 0.2) is 25.3 Å². The molecular weight excluding hydrogens is 183 g/mol. The van der Waals surface area contributed by atoms with Crippen molar-refractivity contribution in [1.82, 2.24) is 0 Å². The van der Waals surface area contributed by atoms with E-state index in [9.17, 15) is 4.89 Å². The Kier molecular flexibility index (Phi) is 8.11. The number of rotatable bonds is 6. The molecule has 0 fully saturated rings. The minimum atomic E-state index is -0.902. The van der Waals surface area contributed by atoms with Crippen LogP contribution >= 0.6 is 29.3 Å². The molecule has 0 aliphatic heterocycles. The molecule has 0 aromatic rings. The van der Waals surface area contributed by atoms with Crippen molar-refractivity contribution in [2.24, 2.45) is 0 Å². The van der Waals surface area contributed by atoms with Gasteiger partial charge >= 0.3 is 0 Å². The zero-order chi connectivity index (χ0) is 7.82. The highest BCUT2D eigenvalue weighted by atomic mass is 33.1. The Morgan fingerprint density at radius 2 is 1.60 bits per heavy atom. The molecule has 0 heterocycles. The molecule has 0 aromatic heterocycles. The standard InChI is InChI=1S/C6H11OPS2/c1-3-5-9-8(7)10-6-4-2/h3-4,7H,1-2,5-6H2. The molecule has 0 bridgehead atoms. The van der Waals surface area contributed by atoms with E-state index in [0.29, 0.717) is 0 Å². The van der Waals surface area contributed by atoms with Crippen LogP contribution in [0.2, 0.25) is 0 Å². The van der Waals surface area contributed by atoms with Crippen LogP contribution in [0.1, 0.15) is 0 Å². The molecule has 0 saturated heterocycles. The number of hydrogen-bond donors (Lipinski definition) is 1. The highest BCUT2D eigenvalue weighted by Gasteiger charge is 2.01. The summed E-state index contributed by atoms with van der Waals surface area (Å²) in [5.41, 5.74) is 0. The molecule has 0 saturated carbocycles. The third-order valence-electron chi connectivity index (χ3n) is 0.606. The van der Waals surface area contributed by atoms with Crippen molar-refractivity contribution in [2.45, 2.75) is 0 Å². The Bertz CT molecular complexity index is 95.9. The highest BCUT2D eigenvalue weighted by Crippen LogP contribution is 2.57. The molecular formula is C6H11OPS2. The minimum Gasteiger partial charge on any atom is -0.355 e. The second-order valence-corrected chi connectivity index (χ2v) is 7.38. The predicted molar refractivity (Wildman–Crippen MR) is 54.4 cm³/mol. The lowest BCUT2D eigenvalue weighted by Crippen LogP contribution is -1.67. The second kappa shape index (κ2) is 7.67. The topological polar surface area (TPSA) is 20.2 Å². The van der Waals surface area contributed by atoms with Gasteiger partial charge in [0.25, 0.3) is 0 Å².